The molecule has 0 bridgehead atoms. The number of methoxy groups -OCH3 is 1. The Labute approximate surface area is 111 Å². The van der Waals surface area contributed by atoms with Gasteiger partial charge in [0.25, 0.3) is 0 Å². The molecule has 0 spiro atoms. The lowest BCUT2D eigenvalue weighted by Gasteiger charge is -2.23. The molecule has 0 aliphatic carbocycles. The van der Waals surface area contributed by atoms with Crippen molar-refractivity contribution in [3.63, 3.8) is 0 Å². The summed E-state index contributed by atoms with van der Waals surface area (Å²) in [7, 11) is 1.71. The SMILES string of the molecule is CCC[C@@H](CCCCOC)NC(=O)OC(C)(C)C. The lowest BCUT2D eigenvalue weighted by Crippen LogP contribution is -2.39. The van der Waals surface area contributed by atoms with Crippen LogP contribution in [-0.2, 0) is 9.47 Å². The molecular formula is C14H29NO3. The number of ether oxygens (including phenoxy) is 2. The minimum atomic E-state index is -0.434. The first kappa shape index (κ1) is 17.2. The average Bonchev–Trinajstić information content (AvgIpc) is 2.21. The number of rotatable bonds is 8. The van der Waals surface area contributed by atoms with Gasteiger partial charge in [0.1, 0.15) is 5.60 Å². The van der Waals surface area contributed by atoms with E-state index in [0.29, 0.717) is 0 Å². The summed E-state index contributed by atoms with van der Waals surface area (Å²) < 4.78 is 10.3. The molecular weight excluding hydrogens is 230 g/mol. The number of nitrogens with one attached hydrogen (secondary N) is 1. The van der Waals surface area contributed by atoms with Crippen molar-refractivity contribution >= 4 is 6.09 Å². The number of hydrogen-bond acceptors (Lipinski definition) is 3. The van der Waals surface area contributed by atoms with Crippen LogP contribution in [0.15, 0.2) is 0 Å². The van der Waals surface area contributed by atoms with E-state index in [0.717, 1.165) is 38.7 Å². The van der Waals surface area contributed by atoms with Crippen molar-refractivity contribution in [3.05, 3.63) is 0 Å². The van der Waals surface area contributed by atoms with Gasteiger partial charge in [-0.15, -0.1) is 0 Å². The van der Waals surface area contributed by atoms with Crippen molar-refractivity contribution < 1.29 is 14.3 Å². The molecule has 0 aliphatic rings. The number of alkyl carbamates (subject to hydrolysis) is 1. The zero-order chi connectivity index (χ0) is 14.0. The molecule has 0 heterocycles. The van der Waals surface area contributed by atoms with Crippen LogP contribution in [0.4, 0.5) is 4.79 Å². The second-order valence-corrected chi connectivity index (χ2v) is 5.62. The van der Waals surface area contributed by atoms with Crippen LogP contribution in [0.2, 0.25) is 0 Å². The maximum atomic E-state index is 11.7. The molecule has 0 aromatic heterocycles. The van der Waals surface area contributed by atoms with Crippen LogP contribution in [0.5, 0.6) is 0 Å². The molecule has 4 heteroatoms. The van der Waals surface area contributed by atoms with Gasteiger partial charge >= 0.3 is 6.09 Å². The van der Waals surface area contributed by atoms with Crippen LogP contribution in [0.3, 0.4) is 0 Å². The van der Waals surface area contributed by atoms with Crippen molar-refractivity contribution in [2.75, 3.05) is 13.7 Å². The predicted octanol–water partition coefficient (Wildman–Crippen LogP) is 3.50. The Bertz CT molecular complexity index is 224. The first-order valence-corrected chi connectivity index (χ1v) is 6.87. The van der Waals surface area contributed by atoms with E-state index in [9.17, 15) is 4.79 Å². The minimum absolute atomic E-state index is 0.210. The highest BCUT2D eigenvalue weighted by atomic mass is 16.6. The van der Waals surface area contributed by atoms with Gasteiger partial charge in [-0.1, -0.05) is 13.3 Å². The fourth-order valence-corrected chi connectivity index (χ4v) is 1.75. The number of amides is 1. The van der Waals surface area contributed by atoms with Crippen molar-refractivity contribution in [3.8, 4) is 0 Å². The zero-order valence-electron chi connectivity index (χ0n) is 12.5. The van der Waals surface area contributed by atoms with Crippen LogP contribution >= 0.6 is 0 Å². The zero-order valence-corrected chi connectivity index (χ0v) is 12.5. The maximum Gasteiger partial charge on any atom is 0.407 e. The van der Waals surface area contributed by atoms with Crippen LogP contribution < -0.4 is 5.32 Å². The fraction of sp³-hybridized carbons (Fsp3) is 0.929. The summed E-state index contributed by atoms with van der Waals surface area (Å²) in [5.41, 5.74) is -0.434. The predicted molar refractivity (Wildman–Crippen MR) is 73.8 cm³/mol. The second kappa shape index (κ2) is 9.20. The Morgan fingerprint density at radius 3 is 2.39 bits per heavy atom. The first-order valence-electron chi connectivity index (χ1n) is 6.87. The van der Waals surface area contributed by atoms with E-state index >= 15 is 0 Å². The number of carbonyl (C=O) groups excluding carboxylic acids is 1. The smallest absolute Gasteiger partial charge is 0.407 e. The normalized spacial score (nSPS) is 13.2. The van der Waals surface area contributed by atoms with Crippen LogP contribution in [0, 0.1) is 0 Å². The van der Waals surface area contributed by atoms with E-state index in [1.54, 1.807) is 7.11 Å². The molecule has 0 radical (unpaired) electrons. The molecule has 0 aliphatic heterocycles. The Morgan fingerprint density at radius 2 is 1.89 bits per heavy atom. The largest absolute Gasteiger partial charge is 0.444 e. The number of carbonyl (C=O) groups is 1. The minimum Gasteiger partial charge on any atom is -0.444 e. The van der Waals surface area contributed by atoms with Gasteiger partial charge in [0.15, 0.2) is 0 Å². The van der Waals surface area contributed by atoms with Gasteiger partial charge in [-0.2, -0.15) is 0 Å². The highest BCUT2D eigenvalue weighted by Crippen LogP contribution is 2.10. The quantitative estimate of drug-likeness (QED) is 0.679. The summed E-state index contributed by atoms with van der Waals surface area (Å²) >= 11 is 0. The van der Waals surface area contributed by atoms with Gasteiger partial charge in [0.2, 0.25) is 0 Å². The highest BCUT2D eigenvalue weighted by molar-refractivity contribution is 5.68. The standard InChI is InChI=1S/C14H29NO3/c1-6-9-12(10-7-8-11-17-5)15-13(16)18-14(2,3)4/h12H,6-11H2,1-5H3,(H,15,16)/t12-/m0/s1. The maximum absolute atomic E-state index is 11.7. The molecule has 4 nitrogen and oxygen atoms in total. The van der Waals surface area contributed by atoms with Crippen LogP contribution in [-0.4, -0.2) is 31.5 Å². The van der Waals surface area contributed by atoms with E-state index in [-0.39, 0.29) is 12.1 Å². The van der Waals surface area contributed by atoms with E-state index in [4.69, 9.17) is 9.47 Å². The number of unbranched alkanes of at least 4 members (excludes halogenated alkanes) is 1. The summed E-state index contributed by atoms with van der Waals surface area (Å²) in [5.74, 6) is 0. The Hall–Kier alpha value is -0.770. The van der Waals surface area contributed by atoms with Crippen LogP contribution in [0.25, 0.3) is 0 Å². The second-order valence-electron chi connectivity index (χ2n) is 5.62. The molecule has 1 atom stereocenters. The van der Waals surface area contributed by atoms with Crippen molar-refractivity contribution in [1.29, 1.82) is 0 Å². The Morgan fingerprint density at radius 1 is 1.22 bits per heavy atom. The molecule has 0 fully saturated rings. The summed E-state index contributed by atoms with van der Waals surface area (Å²) in [6.45, 7) is 8.53. The number of hydrogen-bond donors (Lipinski definition) is 1. The summed E-state index contributed by atoms with van der Waals surface area (Å²) in [6, 6.07) is 0.210. The molecule has 18 heavy (non-hydrogen) atoms. The van der Waals surface area contributed by atoms with E-state index in [2.05, 4.69) is 12.2 Å². The molecule has 0 saturated carbocycles. The topological polar surface area (TPSA) is 47.6 Å². The molecule has 1 N–H and O–H groups in total. The van der Waals surface area contributed by atoms with E-state index in [1.165, 1.54) is 0 Å². The molecule has 0 aromatic carbocycles. The highest BCUT2D eigenvalue weighted by Gasteiger charge is 2.18. The van der Waals surface area contributed by atoms with E-state index in [1.807, 2.05) is 20.8 Å². The third-order valence-corrected chi connectivity index (χ3v) is 2.51. The van der Waals surface area contributed by atoms with Gasteiger partial charge in [-0.25, -0.2) is 4.79 Å². The average molecular weight is 259 g/mol. The van der Waals surface area contributed by atoms with Gasteiger partial charge in [-0.3, -0.25) is 0 Å². The van der Waals surface area contributed by atoms with Gasteiger partial charge in [0, 0.05) is 19.8 Å². The van der Waals surface area contributed by atoms with Crippen LogP contribution in [0.1, 0.15) is 59.8 Å². The lowest BCUT2D eigenvalue weighted by atomic mass is 10.1. The summed E-state index contributed by atoms with van der Waals surface area (Å²) in [4.78, 5) is 11.7. The third kappa shape index (κ3) is 10.4. The third-order valence-electron chi connectivity index (χ3n) is 2.51. The molecule has 1 amide bonds. The molecule has 0 aromatic rings. The molecule has 0 rings (SSSR count). The van der Waals surface area contributed by atoms with E-state index < -0.39 is 5.60 Å². The summed E-state index contributed by atoms with van der Waals surface area (Å²) in [5, 5.41) is 2.95. The monoisotopic (exact) mass is 259 g/mol. The van der Waals surface area contributed by atoms with Crippen molar-refractivity contribution in [2.24, 2.45) is 0 Å². The van der Waals surface area contributed by atoms with Crippen molar-refractivity contribution in [2.45, 2.75) is 71.4 Å². The summed E-state index contributed by atoms with van der Waals surface area (Å²) in [6.07, 6.45) is 4.82. The molecule has 0 unspecified atom stereocenters. The van der Waals surface area contributed by atoms with Gasteiger partial charge in [-0.05, 0) is 46.5 Å². The first-order chi connectivity index (χ1) is 8.39. The van der Waals surface area contributed by atoms with Gasteiger partial charge in [0.05, 0.1) is 0 Å². The van der Waals surface area contributed by atoms with Gasteiger partial charge < -0.3 is 14.8 Å². The fourth-order valence-electron chi connectivity index (χ4n) is 1.75. The lowest BCUT2D eigenvalue weighted by molar-refractivity contribution is 0.0498. The van der Waals surface area contributed by atoms with Crippen molar-refractivity contribution in [1.82, 2.24) is 5.32 Å². The Kier molecular flexibility index (Phi) is 8.81. The Balaban J connectivity index is 3.98. The molecule has 108 valence electrons. The molecule has 0 saturated heterocycles.